The fraction of sp³-hybridized carbons (Fsp3) is 0.588. The van der Waals surface area contributed by atoms with E-state index >= 15 is 0 Å². The van der Waals surface area contributed by atoms with E-state index in [-0.39, 0.29) is 5.75 Å². The number of hydrogen-bond acceptors (Lipinski definition) is 5. The monoisotopic (exact) mass is 412 g/mol. The average molecular weight is 413 g/mol. The number of ether oxygens (including phenoxy) is 1. The second kappa shape index (κ2) is 15.0. The van der Waals surface area contributed by atoms with Crippen molar-refractivity contribution in [2.45, 2.75) is 26.1 Å². The van der Waals surface area contributed by atoms with Crippen molar-refractivity contribution in [2.24, 2.45) is 0 Å². The number of amides is 1. The van der Waals surface area contributed by atoms with Crippen LogP contribution in [0.2, 0.25) is 0 Å². The maximum atomic E-state index is 11.7. The summed E-state index contributed by atoms with van der Waals surface area (Å²) in [6.45, 7) is 3.86. The summed E-state index contributed by atoms with van der Waals surface area (Å²) in [7, 11) is 7.94. The molecule has 0 unspecified atom stereocenters. The summed E-state index contributed by atoms with van der Waals surface area (Å²) >= 11 is 0. The highest BCUT2D eigenvalue weighted by atomic mass is 33.1. The third kappa shape index (κ3) is 16.4. The van der Waals surface area contributed by atoms with Gasteiger partial charge in [0.2, 0.25) is 6.41 Å². The second-order valence-electron chi connectivity index (χ2n) is 5.42. The van der Waals surface area contributed by atoms with E-state index in [4.69, 9.17) is 0 Å². The van der Waals surface area contributed by atoms with Crippen LogP contribution in [0.15, 0.2) is 24.3 Å². The molecule has 0 radical (unpaired) electrons. The normalized spacial score (nSPS) is 10.9. The smallest absolute Gasteiger partial charge is 0.406 e. The highest BCUT2D eigenvalue weighted by molar-refractivity contribution is 8.76. The van der Waals surface area contributed by atoms with E-state index in [1.807, 2.05) is 28.5 Å². The van der Waals surface area contributed by atoms with Crippen LogP contribution in [0, 0.1) is 0 Å². The number of carbonyl (C=O) groups is 1. The zero-order valence-corrected chi connectivity index (χ0v) is 17.0. The molecule has 0 saturated heterocycles. The van der Waals surface area contributed by atoms with Crippen LogP contribution < -0.4 is 10.1 Å². The summed E-state index contributed by atoms with van der Waals surface area (Å²) in [6.07, 6.45) is -2.00. The molecule has 150 valence electrons. The number of benzene rings is 1. The Labute approximate surface area is 161 Å². The number of hydrogen-bond donors (Lipinski definition) is 1. The molecule has 1 rings (SSSR count). The van der Waals surface area contributed by atoms with E-state index in [0.717, 1.165) is 43.7 Å². The SMILES string of the molecule is CCc1ccc(OC(F)(F)F)cc1.CN(C)CCSSCCCNC=O. The Morgan fingerprint density at radius 1 is 1.15 bits per heavy atom. The molecular weight excluding hydrogens is 385 g/mol. The van der Waals surface area contributed by atoms with Gasteiger partial charge in [-0.15, -0.1) is 13.2 Å². The summed E-state index contributed by atoms with van der Waals surface area (Å²) in [4.78, 5) is 12.1. The first-order valence-corrected chi connectivity index (χ1v) is 10.7. The van der Waals surface area contributed by atoms with Crippen molar-refractivity contribution < 1.29 is 22.7 Å². The molecule has 1 amide bonds. The van der Waals surface area contributed by atoms with E-state index in [9.17, 15) is 18.0 Å². The standard InChI is InChI=1S/C9H9F3O.C8H18N2OS2/c1-2-7-3-5-8(6-4-7)13-9(10,11)12;1-10(2)5-7-13-12-6-3-4-9-8-11/h3-6H,2H2,1H3;8H,3-7H2,1-2H3,(H,9,11). The molecule has 1 aromatic carbocycles. The molecule has 0 aliphatic rings. The Hall–Kier alpha value is -1.06. The van der Waals surface area contributed by atoms with Gasteiger partial charge in [0.25, 0.3) is 0 Å². The van der Waals surface area contributed by atoms with Crippen LogP contribution in [0.5, 0.6) is 5.75 Å². The van der Waals surface area contributed by atoms with E-state index in [1.54, 1.807) is 12.1 Å². The fourth-order valence-electron chi connectivity index (χ4n) is 1.56. The number of nitrogens with zero attached hydrogens (tertiary/aromatic N) is 1. The summed E-state index contributed by atoms with van der Waals surface area (Å²) in [5, 5.41) is 2.65. The predicted octanol–water partition coefficient (Wildman–Crippen LogP) is 4.21. The lowest BCUT2D eigenvalue weighted by Gasteiger charge is -2.08. The van der Waals surface area contributed by atoms with Gasteiger partial charge in [-0.1, -0.05) is 40.6 Å². The lowest BCUT2D eigenvalue weighted by atomic mass is 10.2. The molecule has 0 heterocycles. The molecule has 1 aromatic rings. The lowest BCUT2D eigenvalue weighted by molar-refractivity contribution is -0.274. The van der Waals surface area contributed by atoms with Gasteiger partial charge in [0, 0.05) is 24.6 Å². The summed E-state index contributed by atoms with van der Waals surface area (Å²) in [6, 6.07) is 5.85. The number of rotatable bonds is 11. The van der Waals surface area contributed by atoms with Gasteiger partial charge >= 0.3 is 6.36 Å². The van der Waals surface area contributed by atoms with Crippen molar-refractivity contribution in [3.8, 4) is 5.75 Å². The summed E-state index contributed by atoms with van der Waals surface area (Å²) < 4.78 is 38.8. The highest BCUT2D eigenvalue weighted by Gasteiger charge is 2.30. The molecule has 0 bridgehead atoms. The van der Waals surface area contributed by atoms with Gasteiger partial charge < -0.3 is 15.0 Å². The van der Waals surface area contributed by atoms with Crippen molar-refractivity contribution in [1.82, 2.24) is 10.2 Å². The molecule has 9 heteroatoms. The summed E-state index contributed by atoms with van der Waals surface area (Å²) in [5.74, 6) is 2.10. The number of halogens is 3. The molecule has 1 N–H and O–H groups in total. The minimum Gasteiger partial charge on any atom is -0.406 e. The van der Waals surface area contributed by atoms with Crippen LogP contribution in [0.25, 0.3) is 0 Å². The van der Waals surface area contributed by atoms with Gasteiger partial charge in [0.05, 0.1) is 0 Å². The van der Waals surface area contributed by atoms with Crippen molar-refractivity contribution in [1.29, 1.82) is 0 Å². The highest BCUT2D eigenvalue weighted by Crippen LogP contribution is 2.22. The number of alkyl halides is 3. The molecule has 26 heavy (non-hydrogen) atoms. The molecule has 4 nitrogen and oxygen atoms in total. The van der Waals surface area contributed by atoms with Crippen LogP contribution in [-0.4, -0.2) is 56.4 Å². The predicted molar refractivity (Wildman–Crippen MR) is 105 cm³/mol. The van der Waals surface area contributed by atoms with E-state index < -0.39 is 6.36 Å². The van der Waals surface area contributed by atoms with Crippen LogP contribution in [0.1, 0.15) is 18.9 Å². The first-order valence-electron chi connectivity index (χ1n) is 8.19. The quantitative estimate of drug-likeness (QED) is 0.335. The molecular formula is C17H27F3N2O2S2. The molecule has 0 aliphatic heterocycles. The molecule has 0 aromatic heterocycles. The maximum absolute atomic E-state index is 11.7. The van der Waals surface area contributed by atoms with E-state index in [0.29, 0.717) is 0 Å². The maximum Gasteiger partial charge on any atom is 0.573 e. The van der Waals surface area contributed by atoms with Crippen LogP contribution in [0.3, 0.4) is 0 Å². The zero-order valence-electron chi connectivity index (χ0n) is 15.3. The van der Waals surface area contributed by atoms with Gasteiger partial charge in [-0.25, -0.2) is 0 Å². The third-order valence-corrected chi connectivity index (χ3v) is 5.37. The minimum atomic E-state index is -4.60. The molecule has 0 spiro atoms. The van der Waals surface area contributed by atoms with Gasteiger partial charge in [-0.2, -0.15) is 0 Å². The van der Waals surface area contributed by atoms with Gasteiger partial charge in [0.1, 0.15) is 5.75 Å². The average Bonchev–Trinajstić information content (AvgIpc) is 2.57. The van der Waals surface area contributed by atoms with Crippen LogP contribution in [0.4, 0.5) is 13.2 Å². The second-order valence-corrected chi connectivity index (χ2v) is 8.12. The Balaban J connectivity index is 0.000000481. The van der Waals surface area contributed by atoms with Crippen molar-refractivity contribution >= 4 is 28.0 Å². The molecule has 0 saturated carbocycles. The lowest BCUT2D eigenvalue weighted by Crippen LogP contribution is -2.16. The van der Waals surface area contributed by atoms with E-state index in [2.05, 4.69) is 29.0 Å². The Morgan fingerprint density at radius 3 is 2.27 bits per heavy atom. The fourth-order valence-corrected chi connectivity index (χ4v) is 3.78. The van der Waals surface area contributed by atoms with E-state index in [1.165, 1.54) is 17.9 Å². The van der Waals surface area contributed by atoms with Crippen molar-refractivity contribution in [2.75, 3.05) is 38.7 Å². The number of nitrogens with one attached hydrogen (secondary N) is 1. The van der Waals surface area contributed by atoms with Gasteiger partial charge in [-0.05, 0) is 44.6 Å². The van der Waals surface area contributed by atoms with Gasteiger partial charge in [-0.3, -0.25) is 4.79 Å². The largest absolute Gasteiger partial charge is 0.573 e. The van der Waals surface area contributed by atoms with Crippen LogP contribution >= 0.6 is 21.6 Å². The Kier molecular flexibility index (Phi) is 14.4. The van der Waals surface area contributed by atoms with Crippen molar-refractivity contribution in [3.05, 3.63) is 29.8 Å². The first kappa shape index (κ1) is 24.9. The topological polar surface area (TPSA) is 41.6 Å². The molecule has 0 atom stereocenters. The zero-order chi connectivity index (χ0) is 19.8. The van der Waals surface area contributed by atoms with Gasteiger partial charge in [0.15, 0.2) is 0 Å². The first-order chi connectivity index (χ1) is 12.3. The molecule has 0 aliphatic carbocycles. The number of carbonyl (C=O) groups excluding carboxylic acids is 1. The third-order valence-electron chi connectivity index (χ3n) is 2.90. The summed E-state index contributed by atoms with van der Waals surface area (Å²) in [5.41, 5.74) is 0.981. The number of aryl methyl sites for hydroxylation is 1. The van der Waals surface area contributed by atoms with Crippen LogP contribution in [-0.2, 0) is 11.2 Å². The Bertz CT molecular complexity index is 472. The Morgan fingerprint density at radius 2 is 1.77 bits per heavy atom. The minimum absolute atomic E-state index is 0.176. The molecule has 0 fully saturated rings. The van der Waals surface area contributed by atoms with Crippen molar-refractivity contribution in [3.63, 3.8) is 0 Å².